The SMILES string of the molecule is Clc1nc(C2(c3ccccc3)CCCC2)ncc1Br. The molecule has 1 fully saturated rings. The molecule has 1 saturated carbocycles. The van der Waals surface area contributed by atoms with Crippen LogP contribution in [0.15, 0.2) is 41.0 Å². The summed E-state index contributed by atoms with van der Waals surface area (Å²) in [6.45, 7) is 0. The van der Waals surface area contributed by atoms with E-state index in [9.17, 15) is 0 Å². The molecule has 0 saturated heterocycles. The van der Waals surface area contributed by atoms with Crippen molar-refractivity contribution in [1.29, 1.82) is 0 Å². The molecule has 1 aliphatic rings. The molecule has 0 radical (unpaired) electrons. The van der Waals surface area contributed by atoms with E-state index >= 15 is 0 Å². The number of nitrogens with zero attached hydrogens (tertiary/aromatic N) is 2. The van der Waals surface area contributed by atoms with Crippen LogP contribution in [0.25, 0.3) is 0 Å². The molecule has 2 aromatic rings. The van der Waals surface area contributed by atoms with E-state index in [-0.39, 0.29) is 5.41 Å². The standard InChI is InChI=1S/C15H14BrClN2/c16-12-10-18-14(19-13(12)17)15(8-4-5-9-15)11-6-2-1-3-7-11/h1-3,6-7,10H,4-5,8-9H2. The molecule has 2 nitrogen and oxygen atoms in total. The van der Waals surface area contributed by atoms with Gasteiger partial charge in [-0.25, -0.2) is 9.97 Å². The van der Waals surface area contributed by atoms with Gasteiger partial charge in [-0.3, -0.25) is 0 Å². The molecule has 19 heavy (non-hydrogen) atoms. The minimum absolute atomic E-state index is 0.0639. The van der Waals surface area contributed by atoms with Crippen LogP contribution in [-0.2, 0) is 5.41 Å². The van der Waals surface area contributed by atoms with Gasteiger partial charge in [0.05, 0.1) is 9.89 Å². The largest absolute Gasteiger partial charge is 0.239 e. The summed E-state index contributed by atoms with van der Waals surface area (Å²) >= 11 is 9.50. The Morgan fingerprint density at radius 2 is 1.79 bits per heavy atom. The highest BCUT2D eigenvalue weighted by atomic mass is 79.9. The lowest BCUT2D eigenvalue weighted by Gasteiger charge is -2.28. The summed E-state index contributed by atoms with van der Waals surface area (Å²) in [5.41, 5.74) is 1.23. The third-order valence-corrected chi connectivity index (χ3v) is 5.01. The summed E-state index contributed by atoms with van der Waals surface area (Å²) < 4.78 is 0.749. The van der Waals surface area contributed by atoms with Gasteiger partial charge in [-0.1, -0.05) is 54.8 Å². The van der Waals surface area contributed by atoms with Gasteiger partial charge in [0.1, 0.15) is 11.0 Å². The van der Waals surface area contributed by atoms with Crippen molar-refractivity contribution in [1.82, 2.24) is 9.97 Å². The number of benzene rings is 1. The molecule has 0 aliphatic heterocycles. The molecule has 1 heterocycles. The van der Waals surface area contributed by atoms with Crippen molar-refractivity contribution in [2.24, 2.45) is 0 Å². The highest BCUT2D eigenvalue weighted by molar-refractivity contribution is 9.10. The highest BCUT2D eigenvalue weighted by Crippen LogP contribution is 2.45. The summed E-state index contributed by atoms with van der Waals surface area (Å²) in [5, 5.41) is 0.493. The third-order valence-electron chi connectivity index (χ3n) is 3.91. The molecule has 98 valence electrons. The zero-order valence-corrected chi connectivity index (χ0v) is 12.8. The van der Waals surface area contributed by atoms with Crippen molar-refractivity contribution < 1.29 is 0 Å². The predicted octanol–water partition coefficient (Wildman–Crippen LogP) is 4.75. The number of halogens is 2. The quantitative estimate of drug-likeness (QED) is 0.739. The van der Waals surface area contributed by atoms with Gasteiger partial charge < -0.3 is 0 Å². The summed E-state index contributed by atoms with van der Waals surface area (Å²) in [5.74, 6) is 0.851. The minimum atomic E-state index is -0.0639. The summed E-state index contributed by atoms with van der Waals surface area (Å²) in [6.07, 6.45) is 6.37. The van der Waals surface area contributed by atoms with Crippen molar-refractivity contribution >= 4 is 27.5 Å². The Hall–Kier alpha value is -0.930. The van der Waals surface area contributed by atoms with Crippen LogP contribution >= 0.6 is 27.5 Å². The van der Waals surface area contributed by atoms with E-state index in [1.165, 1.54) is 18.4 Å². The average molecular weight is 338 g/mol. The van der Waals surface area contributed by atoms with Gasteiger partial charge in [0.2, 0.25) is 0 Å². The van der Waals surface area contributed by atoms with E-state index in [1.54, 1.807) is 6.20 Å². The molecule has 4 heteroatoms. The van der Waals surface area contributed by atoms with E-state index in [4.69, 9.17) is 11.6 Å². The normalized spacial score (nSPS) is 17.6. The first-order valence-corrected chi connectivity index (χ1v) is 7.63. The van der Waals surface area contributed by atoms with Gasteiger partial charge in [-0.2, -0.15) is 0 Å². The van der Waals surface area contributed by atoms with Gasteiger partial charge in [-0.15, -0.1) is 0 Å². The number of rotatable bonds is 2. The first-order chi connectivity index (χ1) is 9.22. The van der Waals surface area contributed by atoms with Crippen molar-refractivity contribution in [3.63, 3.8) is 0 Å². The van der Waals surface area contributed by atoms with E-state index in [0.29, 0.717) is 5.15 Å². The molecular formula is C15H14BrClN2. The maximum atomic E-state index is 6.14. The van der Waals surface area contributed by atoms with E-state index in [1.807, 2.05) is 6.07 Å². The van der Waals surface area contributed by atoms with Gasteiger partial charge in [0.15, 0.2) is 0 Å². The second-order valence-electron chi connectivity index (χ2n) is 4.99. The van der Waals surface area contributed by atoms with Gasteiger partial charge >= 0.3 is 0 Å². The maximum absolute atomic E-state index is 6.14. The van der Waals surface area contributed by atoms with Crippen molar-refractivity contribution in [2.45, 2.75) is 31.1 Å². The van der Waals surface area contributed by atoms with E-state index in [0.717, 1.165) is 23.1 Å². The zero-order chi connectivity index (χ0) is 13.3. The topological polar surface area (TPSA) is 25.8 Å². The lowest BCUT2D eigenvalue weighted by Crippen LogP contribution is -2.26. The fraction of sp³-hybridized carbons (Fsp3) is 0.333. The number of hydrogen-bond acceptors (Lipinski definition) is 2. The fourth-order valence-electron chi connectivity index (χ4n) is 2.95. The molecular weight excluding hydrogens is 324 g/mol. The molecule has 1 aromatic heterocycles. The van der Waals surface area contributed by atoms with Crippen LogP contribution < -0.4 is 0 Å². The number of aromatic nitrogens is 2. The first-order valence-electron chi connectivity index (χ1n) is 6.46. The van der Waals surface area contributed by atoms with Crippen LogP contribution in [-0.4, -0.2) is 9.97 Å². The van der Waals surface area contributed by atoms with Crippen LogP contribution in [0.5, 0.6) is 0 Å². The van der Waals surface area contributed by atoms with Crippen molar-refractivity contribution in [2.75, 3.05) is 0 Å². The van der Waals surface area contributed by atoms with Crippen LogP contribution in [0.3, 0.4) is 0 Å². The summed E-state index contributed by atoms with van der Waals surface area (Å²) in [6, 6.07) is 10.5. The van der Waals surface area contributed by atoms with Crippen molar-refractivity contribution in [3.8, 4) is 0 Å². The number of hydrogen-bond donors (Lipinski definition) is 0. The van der Waals surface area contributed by atoms with Crippen LogP contribution in [0.4, 0.5) is 0 Å². The Labute approximate surface area is 126 Å². The van der Waals surface area contributed by atoms with Crippen LogP contribution in [0, 0.1) is 0 Å². The highest BCUT2D eigenvalue weighted by Gasteiger charge is 2.40. The van der Waals surface area contributed by atoms with Crippen LogP contribution in [0.1, 0.15) is 37.1 Å². The molecule has 3 rings (SSSR count). The fourth-order valence-corrected chi connectivity index (χ4v) is 3.27. The summed E-state index contributed by atoms with van der Waals surface area (Å²) in [4.78, 5) is 9.04. The minimum Gasteiger partial charge on any atom is -0.239 e. The summed E-state index contributed by atoms with van der Waals surface area (Å²) in [7, 11) is 0. The van der Waals surface area contributed by atoms with Gasteiger partial charge in [-0.05, 0) is 34.3 Å². The Kier molecular flexibility index (Phi) is 3.59. The lowest BCUT2D eigenvalue weighted by molar-refractivity contribution is 0.499. The molecule has 0 atom stereocenters. The van der Waals surface area contributed by atoms with Gasteiger partial charge in [0.25, 0.3) is 0 Å². The van der Waals surface area contributed by atoms with Gasteiger partial charge in [0, 0.05) is 6.20 Å². The Morgan fingerprint density at radius 1 is 1.11 bits per heavy atom. The smallest absolute Gasteiger partial charge is 0.146 e. The molecule has 0 unspecified atom stereocenters. The molecule has 0 spiro atoms. The molecule has 1 aromatic carbocycles. The second kappa shape index (κ2) is 5.22. The Bertz CT molecular complexity index is 580. The lowest BCUT2D eigenvalue weighted by atomic mass is 9.78. The molecule has 1 aliphatic carbocycles. The van der Waals surface area contributed by atoms with Crippen LogP contribution in [0.2, 0.25) is 5.15 Å². The maximum Gasteiger partial charge on any atom is 0.146 e. The van der Waals surface area contributed by atoms with Crippen molar-refractivity contribution in [3.05, 3.63) is 57.5 Å². The molecule has 0 bridgehead atoms. The first kappa shape index (κ1) is 13.1. The Morgan fingerprint density at radius 3 is 2.42 bits per heavy atom. The predicted molar refractivity (Wildman–Crippen MR) is 80.4 cm³/mol. The monoisotopic (exact) mass is 336 g/mol. The molecule has 0 amide bonds. The zero-order valence-electron chi connectivity index (χ0n) is 10.4. The third kappa shape index (κ3) is 2.30. The molecule has 0 N–H and O–H groups in total. The van der Waals surface area contributed by atoms with E-state index in [2.05, 4.69) is 50.2 Å². The second-order valence-corrected chi connectivity index (χ2v) is 6.20. The van der Waals surface area contributed by atoms with E-state index < -0.39 is 0 Å². The average Bonchev–Trinajstić information content (AvgIpc) is 2.93. The Balaban J connectivity index is 2.13.